The Bertz CT molecular complexity index is 467. The van der Waals surface area contributed by atoms with Crippen molar-refractivity contribution < 1.29 is 9.59 Å². The van der Waals surface area contributed by atoms with Crippen molar-refractivity contribution in [2.75, 3.05) is 19.6 Å². The molecule has 3 N–H and O–H groups in total. The average Bonchev–Trinajstić information content (AvgIpc) is 2.97. The summed E-state index contributed by atoms with van der Waals surface area (Å²) in [6.07, 6.45) is 2.35. The first kappa shape index (κ1) is 17.5. The van der Waals surface area contributed by atoms with Crippen LogP contribution in [0.5, 0.6) is 0 Å². The van der Waals surface area contributed by atoms with Gasteiger partial charge in [0.1, 0.15) is 6.04 Å². The maximum Gasteiger partial charge on any atom is 0.254 e. The summed E-state index contributed by atoms with van der Waals surface area (Å²) < 4.78 is 0. The van der Waals surface area contributed by atoms with Crippen LogP contribution in [-0.2, 0) is 4.79 Å². The summed E-state index contributed by atoms with van der Waals surface area (Å²) in [5.74, 6) is -0.137. The zero-order valence-corrected chi connectivity index (χ0v) is 12.8. The first-order valence-electron chi connectivity index (χ1n) is 7.08. The van der Waals surface area contributed by atoms with E-state index in [1.165, 1.54) is 0 Å². The minimum atomic E-state index is -0.347. The van der Waals surface area contributed by atoms with Crippen LogP contribution in [0.15, 0.2) is 30.3 Å². The van der Waals surface area contributed by atoms with Gasteiger partial charge in [-0.25, -0.2) is 0 Å². The molecular weight excluding hydrogens is 290 g/mol. The summed E-state index contributed by atoms with van der Waals surface area (Å²) in [7, 11) is 0. The van der Waals surface area contributed by atoms with Crippen LogP contribution in [0.2, 0.25) is 0 Å². The van der Waals surface area contributed by atoms with Crippen LogP contribution in [0.4, 0.5) is 0 Å². The van der Waals surface area contributed by atoms with Crippen molar-refractivity contribution in [1.29, 1.82) is 0 Å². The van der Waals surface area contributed by atoms with Gasteiger partial charge in [0.25, 0.3) is 5.91 Å². The van der Waals surface area contributed by atoms with E-state index in [0.717, 1.165) is 19.3 Å². The zero-order chi connectivity index (χ0) is 14.4. The Labute approximate surface area is 131 Å². The van der Waals surface area contributed by atoms with Crippen LogP contribution in [0.1, 0.15) is 29.6 Å². The lowest BCUT2D eigenvalue weighted by Gasteiger charge is -2.24. The summed E-state index contributed by atoms with van der Waals surface area (Å²) in [6, 6.07) is 8.76. The van der Waals surface area contributed by atoms with Crippen molar-refractivity contribution in [2.45, 2.75) is 25.3 Å². The third-order valence-corrected chi connectivity index (χ3v) is 3.52. The number of halogens is 1. The van der Waals surface area contributed by atoms with E-state index in [9.17, 15) is 9.59 Å². The third kappa shape index (κ3) is 4.44. The molecule has 2 amide bonds. The van der Waals surface area contributed by atoms with E-state index in [1.54, 1.807) is 17.0 Å². The Morgan fingerprint density at radius 3 is 2.67 bits per heavy atom. The van der Waals surface area contributed by atoms with E-state index in [0.29, 0.717) is 25.2 Å². The molecule has 0 bridgehead atoms. The molecule has 1 saturated heterocycles. The summed E-state index contributed by atoms with van der Waals surface area (Å²) in [5, 5.41) is 2.85. The number of benzene rings is 1. The van der Waals surface area contributed by atoms with Gasteiger partial charge in [-0.05, 0) is 37.9 Å². The van der Waals surface area contributed by atoms with E-state index in [-0.39, 0.29) is 30.3 Å². The molecule has 0 aromatic heterocycles. The van der Waals surface area contributed by atoms with E-state index >= 15 is 0 Å². The highest BCUT2D eigenvalue weighted by molar-refractivity contribution is 5.97. The van der Waals surface area contributed by atoms with E-state index in [4.69, 9.17) is 5.73 Å². The first-order chi connectivity index (χ1) is 9.74. The molecule has 0 saturated carbocycles. The van der Waals surface area contributed by atoms with Crippen LogP contribution in [-0.4, -0.2) is 42.4 Å². The molecule has 1 aliphatic heterocycles. The minimum Gasteiger partial charge on any atom is -0.354 e. The highest BCUT2D eigenvalue weighted by Gasteiger charge is 2.34. The second-order valence-corrected chi connectivity index (χ2v) is 4.96. The first-order valence-corrected chi connectivity index (χ1v) is 7.08. The van der Waals surface area contributed by atoms with Crippen LogP contribution >= 0.6 is 12.4 Å². The second-order valence-electron chi connectivity index (χ2n) is 4.96. The molecule has 0 radical (unpaired) electrons. The van der Waals surface area contributed by atoms with Crippen molar-refractivity contribution in [3.8, 4) is 0 Å². The van der Waals surface area contributed by atoms with Gasteiger partial charge in [0, 0.05) is 18.7 Å². The number of nitrogens with two attached hydrogens (primary N) is 1. The molecular formula is C15H22ClN3O2. The number of carbonyl (C=O) groups excluding carboxylic acids is 2. The zero-order valence-electron chi connectivity index (χ0n) is 12.0. The minimum absolute atomic E-state index is 0. The highest BCUT2D eigenvalue weighted by atomic mass is 35.5. The molecule has 1 heterocycles. The Morgan fingerprint density at radius 2 is 2.00 bits per heavy atom. The number of amides is 2. The fourth-order valence-electron chi connectivity index (χ4n) is 2.46. The Morgan fingerprint density at radius 1 is 1.29 bits per heavy atom. The molecule has 116 valence electrons. The molecule has 0 spiro atoms. The number of hydrogen-bond acceptors (Lipinski definition) is 3. The van der Waals surface area contributed by atoms with Crippen molar-refractivity contribution in [3.63, 3.8) is 0 Å². The third-order valence-electron chi connectivity index (χ3n) is 3.52. The van der Waals surface area contributed by atoms with Crippen molar-refractivity contribution in [1.82, 2.24) is 10.2 Å². The lowest BCUT2D eigenvalue weighted by Crippen LogP contribution is -2.46. The predicted octanol–water partition coefficient (Wildman–Crippen LogP) is 1.18. The van der Waals surface area contributed by atoms with Crippen LogP contribution in [0.3, 0.4) is 0 Å². The fourth-order valence-corrected chi connectivity index (χ4v) is 2.46. The molecule has 0 aliphatic carbocycles. The number of nitrogens with one attached hydrogen (secondary N) is 1. The van der Waals surface area contributed by atoms with E-state index < -0.39 is 0 Å². The SMILES string of the molecule is Cl.NCCCNC(=O)C1CCCN1C(=O)c1ccccc1. The van der Waals surface area contributed by atoms with Gasteiger partial charge in [-0.3, -0.25) is 9.59 Å². The van der Waals surface area contributed by atoms with Gasteiger partial charge in [0.2, 0.25) is 5.91 Å². The van der Waals surface area contributed by atoms with E-state index in [1.807, 2.05) is 18.2 Å². The summed E-state index contributed by atoms with van der Waals surface area (Å²) in [6.45, 7) is 1.76. The number of carbonyl (C=O) groups is 2. The van der Waals surface area contributed by atoms with Crippen LogP contribution < -0.4 is 11.1 Å². The van der Waals surface area contributed by atoms with Gasteiger partial charge in [-0.15, -0.1) is 12.4 Å². The largest absolute Gasteiger partial charge is 0.354 e. The van der Waals surface area contributed by atoms with Crippen molar-refractivity contribution >= 4 is 24.2 Å². The molecule has 1 atom stereocenters. The molecule has 1 aromatic rings. The summed E-state index contributed by atoms with van der Waals surface area (Å²) in [4.78, 5) is 26.2. The molecule has 21 heavy (non-hydrogen) atoms. The predicted molar refractivity (Wildman–Crippen MR) is 84.4 cm³/mol. The number of nitrogens with zero attached hydrogens (tertiary/aromatic N) is 1. The molecule has 1 aliphatic rings. The number of rotatable bonds is 5. The van der Waals surface area contributed by atoms with Gasteiger partial charge < -0.3 is 16.0 Å². The highest BCUT2D eigenvalue weighted by Crippen LogP contribution is 2.20. The topological polar surface area (TPSA) is 75.4 Å². The Kier molecular flexibility index (Phi) is 7.19. The molecule has 2 rings (SSSR count). The molecule has 1 aromatic carbocycles. The number of likely N-dealkylation sites (tertiary alicyclic amines) is 1. The smallest absolute Gasteiger partial charge is 0.254 e. The maximum absolute atomic E-state index is 12.4. The Hall–Kier alpha value is -1.59. The van der Waals surface area contributed by atoms with Gasteiger partial charge in [-0.1, -0.05) is 18.2 Å². The molecule has 1 unspecified atom stereocenters. The lowest BCUT2D eigenvalue weighted by molar-refractivity contribution is -0.124. The molecule has 5 nitrogen and oxygen atoms in total. The van der Waals surface area contributed by atoms with Crippen molar-refractivity contribution in [2.24, 2.45) is 5.73 Å². The quantitative estimate of drug-likeness (QED) is 0.802. The Balaban J connectivity index is 0.00000220. The normalized spacial score (nSPS) is 17.2. The average molecular weight is 312 g/mol. The second kappa shape index (κ2) is 8.64. The van der Waals surface area contributed by atoms with Gasteiger partial charge >= 0.3 is 0 Å². The van der Waals surface area contributed by atoms with Crippen molar-refractivity contribution in [3.05, 3.63) is 35.9 Å². The lowest BCUT2D eigenvalue weighted by atomic mass is 10.1. The van der Waals surface area contributed by atoms with Crippen LogP contribution in [0, 0.1) is 0 Å². The standard InChI is InChI=1S/C15H21N3O2.ClH/c16-9-5-10-17-14(19)13-8-4-11-18(13)15(20)12-6-2-1-3-7-12;/h1-3,6-7,13H,4-5,8-11,16H2,(H,17,19);1H. The van der Waals surface area contributed by atoms with Gasteiger partial charge in [0.05, 0.1) is 0 Å². The van der Waals surface area contributed by atoms with Crippen LogP contribution in [0.25, 0.3) is 0 Å². The van der Waals surface area contributed by atoms with Gasteiger partial charge in [0.15, 0.2) is 0 Å². The monoisotopic (exact) mass is 311 g/mol. The summed E-state index contributed by atoms with van der Waals surface area (Å²) >= 11 is 0. The number of hydrogen-bond donors (Lipinski definition) is 2. The fraction of sp³-hybridized carbons (Fsp3) is 0.467. The molecule has 1 fully saturated rings. The maximum atomic E-state index is 12.4. The molecule has 6 heteroatoms. The van der Waals surface area contributed by atoms with E-state index in [2.05, 4.69) is 5.32 Å². The summed E-state index contributed by atoms with van der Waals surface area (Å²) in [5.41, 5.74) is 6.04. The van der Waals surface area contributed by atoms with Gasteiger partial charge in [-0.2, -0.15) is 0 Å².